The van der Waals surface area contributed by atoms with E-state index in [9.17, 15) is 0 Å². The van der Waals surface area contributed by atoms with Gasteiger partial charge in [0.25, 0.3) is 0 Å². The van der Waals surface area contributed by atoms with Crippen LogP contribution in [0.15, 0.2) is 144 Å². The van der Waals surface area contributed by atoms with Crippen LogP contribution in [0.25, 0.3) is 83.5 Å². The fraction of sp³-hybridized carbons (Fsp3) is 0.0638. The van der Waals surface area contributed by atoms with Gasteiger partial charge in [-0.25, -0.2) is 0 Å². The molecule has 0 amide bonds. The van der Waals surface area contributed by atoms with Crippen molar-refractivity contribution < 1.29 is 4.42 Å². The summed E-state index contributed by atoms with van der Waals surface area (Å²) in [5.41, 5.74) is 20.5. The summed E-state index contributed by atoms with van der Waals surface area (Å²) < 4.78 is 6.29. The van der Waals surface area contributed by atoms with Crippen LogP contribution in [0.4, 0.5) is 0 Å². The van der Waals surface area contributed by atoms with Crippen molar-refractivity contribution >= 4 is 27.8 Å². The molecule has 0 N–H and O–H groups in total. The SMILES string of the molecule is C1=Cc2c(oc3ccc(-c4ccc5c(c4)C4(c6ccccc6-5)c5ccccc5-c5c4cc4c6c(cccc56)-c5ccccc5-4)cc23)CC1. The van der Waals surface area contributed by atoms with Crippen LogP contribution in [0.3, 0.4) is 0 Å². The van der Waals surface area contributed by atoms with Gasteiger partial charge in [-0.2, -0.15) is 0 Å². The molecule has 1 aromatic heterocycles. The largest absolute Gasteiger partial charge is 0.460 e. The Labute approximate surface area is 278 Å². The summed E-state index contributed by atoms with van der Waals surface area (Å²) in [5, 5.41) is 3.94. The molecule has 4 aliphatic rings. The Kier molecular flexibility index (Phi) is 4.57. The molecule has 0 saturated heterocycles. The third kappa shape index (κ3) is 2.87. The van der Waals surface area contributed by atoms with Crippen molar-refractivity contribution in [1.82, 2.24) is 0 Å². The summed E-state index contributed by atoms with van der Waals surface area (Å²) in [5.74, 6) is 1.11. The quantitative estimate of drug-likeness (QED) is 0.181. The van der Waals surface area contributed by atoms with Crippen LogP contribution in [0.5, 0.6) is 0 Å². The summed E-state index contributed by atoms with van der Waals surface area (Å²) in [6.07, 6.45) is 6.52. The Morgan fingerprint density at radius 3 is 2.04 bits per heavy atom. The molecule has 1 unspecified atom stereocenters. The maximum atomic E-state index is 6.29. The van der Waals surface area contributed by atoms with E-state index < -0.39 is 5.41 Å². The van der Waals surface area contributed by atoms with E-state index in [1.54, 1.807) is 0 Å². The maximum Gasteiger partial charge on any atom is 0.134 e. The van der Waals surface area contributed by atoms with Gasteiger partial charge in [-0.1, -0.05) is 121 Å². The summed E-state index contributed by atoms with van der Waals surface area (Å²) in [6, 6.07) is 50.7. The molecule has 0 saturated carbocycles. The first-order valence-electron chi connectivity index (χ1n) is 17.1. The lowest BCUT2D eigenvalue weighted by molar-refractivity contribution is 0.546. The Balaban J connectivity index is 1.19. The smallest absolute Gasteiger partial charge is 0.134 e. The van der Waals surface area contributed by atoms with Crippen LogP contribution in [0.1, 0.15) is 40.0 Å². The number of allylic oxidation sites excluding steroid dienone is 1. The van der Waals surface area contributed by atoms with Crippen LogP contribution in [0.2, 0.25) is 0 Å². The topological polar surface area (TPSA) is 13.1 Å². The van der Waals surface area contributed by atoms with Crippen molar-refractivity contribution in [3.63, 3.8) is 0 Å². The second-order valence-corrected chi connectivity index (χ2v) is 13.8. The summed E-state index contributed by atoms with van der Waals surface area (Å²) in [4.78, 5) is 0. The normalized spacial score (nSPS) is 17.0. The highest BCUT2D eigenvalue weighted by molar-refractivity contribution is 6.21. The first-order chi connectivity index (χ1) is 23.8. The molecule has 1 heterocycles. The monoisotopic (exact) mass is 608 g/mol. The molecule has 0 fully saturated rings. The molecule has 8 aromatic rings. The highest BCUT2D eigenvalue weighted by atomic mass is 16.3. The molecule has 0 aliphatic heterocycles. The molecule has 1 spiro atoms. The molecular weight excluding hydrogens is 581 g/mol. The van der Waals surface area contributed by atoms with Gasteiger partial charge in [-0.15, -0.1) is 0 Å². The van der Waals surface area contributed by atoms with Crippen LogP contribution in [0, 0.1) is 0 Å². The van der Waals surface area contributed by atoms with Crippen LogP contribution in [-0.4, -0.2) is 0 Å². The van der Waals surface area contributed by atoms with E-state index in [0.717, 1.165) is 24.2 Å². The third-order valence-electron chi connectivity index (χ3n) is 11.7. The van der Waals surface area contributed by atoms with Crippen LogP contribution < -0.4 is 0 Å². The van der Waals surface area contributed by atoms with Gasteiger partial charge in [-0.05, 0) is 119 Å². The number of rotatable bonds is 1. The minimum Gasteiger partial charge on any atom is -0.460 e. The first-order valence-corrected chi connectivity index (χ1v) is 17.1. The van der Waals surface area contributed by atoms with Crippen molar-refractivity contribution in [3.8, 4) is 55.6 Å². The van der Waals surface area contributed by atoms with E-state index in [4.69, 9.17) is 4.42 Å². The molecule has 1 atom stereocenters. The molecule has 12 rings (SSSR count). The number of hydrogen-bond acceptors (Lipinski definition) is 1. The summed E-state index contributed by atoms with van der Waals surface area (Å²) in [7, 11) is 0. The van der Waals surface area contributed by atoms with E-state index in [2.05, 4.69) is 146 Å². The van der Waals surface area contributed by atoms with Crippen molar-refractivity contribution in [1.29, 1.82) is 0 Å². The molecule has 1 nitrogen and oxygen atoms in total. The lowest BCUT2D eigenvalue weighted by atomic mass is 9.69. The van der Waals surface area contributed by atoms with Crippen molar-refractivity contribution in [3.05, 3.63) is 173 Å². The number of fused-ring (bicyclic) bond motifs is 17. The van der Waals surface area contributed by atoms with Gasteiger partial charge in [0.1, 0.15) is 11.3 Å². The second-order valence-electron chi connectivity index (χ2n) is 13.8. The summed E-state index contributed by atoms with van der Waals surface area (Å²) in [6.45, 7) is 0. The summed E-state index contributed by atoms with van der Waals surface area (Å²) >= 11 is 0. The molecule has 0 radical (unpaired) electrons. The third-order valence-corrected chi connectivity index (χ3v) is 11.7. The molecule has 222 valence electrons. The number of furan rings is 1. The van der Waals surface area contributed by atoms with Gasteiger partial charge in [0.05, 0.1) is 5.41 Å². The lowest BCUT2D eigenvalue weighted by Crippen LogP contribution is -2.26. The maximum absolute atomic E-state index is 6.29. The van der Waals surface area contributed by atoms with Gasteiger partial charge >= 0.3 is 0 Å². The first kappa shape index (κ1) is 25.2. The highest BCUT2D eigenvalue weighted by Gasteiger charge is 2.52. The molecule has 4 aliphatic carbocycles. The average molecular weight is 609 g/mol. The molecule has 7 aromatic carbocycles. The van der Waals surface area contributed by atoms with Gasteiger partial charge in [0, 0.05) is 17.4 Å². The van der Waals surface area contributed by atoms with E-state index in [-0.39, 0.29) is 0 Å². The molecule has 1 heteroatoms. The minimum atomic E-state index is -0.423. The Hall–Kier alpha value is -5.92. The zero-order valence-corrected chi connectivity index (χ0v) is 26.2. The predicted molar refractivity (Wildman–Crippen MR) is 197 cm³/mol. The minimum absolute atomic E-state index is 0.423. The zero-order chi connectivity index (χ0) is 31.1. The van der Waals surface area contributed by atoms with Crippen LogP contribution >= 0.6 is 0 Å². The van der Waals surface area contributed by atoms with Gasteiger partial charge in [0.2, 0.25) is 0 Å². The lowest BCUT2D eigenvalue weighted by Gasteiger charge is -2.31. The second kappa shape index (κ2) is 8.70. The Bertz CT molecular complexity index is 2790. The fourth-order valence-electron chi connectivity index (χ4n) is 9.80. The van der Waals surface area contributed by atoms with Crippen molar-refractivity contribution in [2.24, 2.45) is 0 Å². The van der Waals surface area contributed by atoms with Gasteiger partial charge in [-0.3, -0.25) is 0 Å². The predicted octanol–water partition coefficient (Wildman–Crippen LogP) is 12.2. The van der Waals surface area contributed by atoms with Gasteiger partial charge in [0.15, 0.2) is 0 Å². The number of aryl methyl sites for hydroxylation is 1. The van der Waals surface area contributed by atoms with Crippen molar-refractivity contribution in [2.75, 3.05) is 0 Å². The number of benzene rings is 7. The molecular formula is C47H28O. The molecule has 0 bridgehead atoms. The van der Waals surface area contributed by atoms with E-state index in [1.807, 2.05) is 0 Å². The molecule has 48 heavy (non-hydrogen) atoms. The Morgan fingerprint density at radius 1 is 0.479 bits per heavy atom. The zero-order valence-electron chi connectivity index (χ0n) is 26.2. The van der Waals surface area contributed by atoms with E-state index >= 15 is 0 Å². The highest BCUT2D eigenvalue weighted by Crippen LogP contribution is 2.66. The van der Waals surface area contributed by atoms with E-state index in [1.165, 1.54) is 99.6 Å². The van der Waals surface area contributed by atoms with E-state index in [0.29, 0.717) is 0 Å². The van der Waals surface area contributed by atoms with Crippen molar-refractivity contribution in [2.45, 2.75) is 18.3 Å². The standard InChI is InChI=1S/C47H28O/c1-2-11-30-29(10-1)34-15-9-16-36-45(34)38(30)26-42-46(36)35-14-4-7-18-40(35)47(42)39-17-6-3-12-31(39)32-22-20-28(25-41(32)47)27-21-23-44-37(24-27)33-13-5-8-19-43(33)48-44/h1-7,9-18,20-26H,8,19H2. The van der Waals surface area contributed by atoms with Gasteiger partial charge < -0.3 is 4.42 Å². The Morgan fingerprint density at radius 2 is 1.17 bits per heavy atom. The number of hydrogen-bond donors (Lipinski definition) is 0. The fourth-order valence-corrected chi connectivity index (χ4v) is 9.80. The average Bonchev–Trinajstić information content (AvgIpc) is 3.86. The van der Waals surface area contributed by atoms with Crippen LogP contribution in [-0.2, 0) is 11.8 Å².